The molecule has 4 saturated carbocycles. The minimum absolute atomic E-state index is 0.0157. The number of esters is 3. The second-order valence-electron chi connectivity index (χ2n) is 21.4. The molecule has 9 aliphatic carbocycles. The topological polar surface area (TPSA) is 173 Å². The number of allylic oxidation sites excluding steroid dienone is 6. The van der Waals surface area contributed by atoms with E-state index >= 15 is 0 Å². The second-order valence-corrected chi connectivity index (χ2v) is 23.0. The van der Waals surface area contributed by atoms with Crippen LogP contribution < -0.4 is 0 Å². The fourth-order valence-electron chi connectivity index (χ4n) is 15.8. The van der Waals surface area contributed by atoms with Gasteiger partial charge in [-0.3, -0.25) is 33.0 Å². The van der Waals surface area contributed by atoms with E-state index in [0.717, 1.165) is 67.1 Å². The number of fused-ring (bicyclic) bond motifs is 9. The molecule has 12 atom stereocenters. The highest BCUT2D eigenvalue weighted by Gasteiger charge is 2.72. The lowest BCUT2D eigenvalue weighted by molar-refractivity contribution is -0.193. The van der Waals surface area contributed by atoms with Gasteiger partial charge in [0, 0.05) is 36.5 Å². The highest BCUT2D eigenvalue weighted by molar-refractivity contribution is 7.86. The zero-order valence-corrected chi connectivity index (χ0v) is 38.1. The Morgan fingerprint density at radius 3 is 2.15 bits per heavy atom. The summed E-state index contributed by atoms with van der Waals surface area (Å²) in [5, 5.41) is 0. The third-order valence-corrected chi connectivity index (χ3v) is 19.5. The van der Waals surface area contributed by atoms with Crippen molar-refractivity contribution < 1.29 is 55.6 Å². The summed E-state index contributed by atoms with van der Waals surface area (Å²) in [6.07, 6.45) is 16.4. The van der Waals surface area contributed by atoms with Crippen LogP contribution in [-0.2, 0) is 57.3 Å². The number of hydrogen-bond acceptors (Lipinski definition) is 12. The fourth-order valence-corrected chi connectivity index (χ4v) is 16.4. The number of carbonyl (C=O) groups excluding carboxylic acids is 6. The quantitative estimate of drug-likeness (QED) is 0.158. The van der Waals surface area contributed by atoms with Crippen molar-refractivity contribution in [3.63, 3.8) is 0 Å². The highest BCUT2D eigenvalue weighted by atomic mass is 32.2. The van der Waals surface area contributed by atoms with Crippen LogP contribution in [0.4, 0.5) is 0 Å². The van der Waals surface area contributed by atoms with Gasteiger partial charge in [0.2, 0.25) is 0 Å². The Labute approximate surface area is 365 Å². The third-order valence-electron chi connectivity index (χ3n) is 18.9. The number of rotatable bonds is 4. The minimum Gasteiger partial charge on any atom is -0.469 e. The summed E-state index contributed by atoms with van der Waals surface area (Å²) in [7, 11) is -1.00. The molecule has 0 aromatic rings. The van der Waals surface area contributed by atoms with E-state index in [2.05, 4.69) is 33.8 Å². The van der Waals surface area contributed by atoms with Gasteiger partial charge in [0.25, 0.3) is 10.1 Å². The smallest absolute Gasteiger partial charge is 0.313 e. The maximum absolute atomic E-state index is 13.2. The maximum atomic E-state index is 13.2. The molecule has 2 spiro atoms. The van der Waals surface area contributed by atoms with Crippen LogP contribution in [0.1, 0.15) is 130 Å². The van der Waals surface area contributed by atoms with Gasteiger partial charge in [-0.25, -0.2) is 0 Å². The molecule has 0 amide bonds. The first-order chi connectivity index (χ1) is 29.1. The predicted octanol–water partition coefficient (Wildman–Crippen LogP) is 7.20. The van der Waals surface area contributed by atoms with E-state index in [0.29, 0.717) is 70.0 Å². The normalized spacial score (nSPS) is 43.9. The van der Waals surface area contributed by atoms with Gasteiger partial charge in [-0.1, -0.05) is 50.5 Å². The lowest BCUT2D eigenvalue weighted by Crippen LogP contribution is -2.63. The van der Waals surface area contributed by atoms with E-state index in [1.807, 2.05) is 0 Å². The molecule has 5 fully saturated rings. The number of Topliss-reactive ketones (excluding diaryl/α,β-unsaturated/α-hetero) is 1. The maximum Gasteiger partial charge on any atom is 0.313 e. The van der Waals surface area contributed by atoms with Gasteiger partial charge in [-0.15, -0.1) is 0 Å². The molecule has 0 N–H and O–H groups in total. The van der Waals surface area contributed by atoms with Crippen LogP contribution >= 0.6 is 0 Å². The van der Waals surface area contributed by atoms with Gasteiger partial charge in [0.05, 0.1) is 43.8 Å². The molecule has 10 rings (SSSR count). The summed E-state index contributed by atoms with van der Waals surface area (Å²) in [5.74, 6) is -1.60. The fraction of sp³-hybridized carbons (Fsp3) is 0.714. The summed E-state index contributed by atoms with van der Waals surface area (Å²) in [4.78, 5) is 75.9. The summed E-state index contributed by atoms with van der Waals surface area (Å²) < 4.78 is 47.1. The lowest BCUT2D eigenvalue weighted by atomic mass is 9.43. The zero-order valence-electron chi connectivity index (χ0n) is 37.3. The van der Waals surface area contributed by atoms with Gasteiger partial charge >= 0.3 is 17.9 Å². The Morgan fingerprint density at radius 2 is 1.48 bits per heavy atom. The van der Waals surface area contributed by atoms with Crippen LogP contribution in [0.5, 0.6) is 0 Å². The van der Waals surface area contributed by atoms with E-state index in [4.69, 9.17) is 18.4 Å². The number of ether oxygens (including phenoxy) is 3. The Morgan fingerprint density at radius 1 is 0.790 bits per heavy atom. The molecule has 1 aliphatic heterocycles. The molecule has 0 aromatic heterocycles. The second kappa shape index (κ2) is 14.4. The molecule has 1 saturated heterocycles. The van der Waals surface area contributed by atoms with Crippen molar-refractivity contribution in [1.29, 1.82) is 0 Å². The van der Waals surface area contributed by atoms with Crippen LogP contribution in [0.3, 0.4) is 0 Å². The highest BCUT2D eigenvalue weighted by Crippen LogP contribution is 2.73. The van der Waals surface area contributed by atoms with Gasteiger partial charge in [-0.05, 0) is 129 Å². The van der Waals surface area contributed by atoms with E-state index in [-0.39, 0.29) is 58.1 Å². The number of carbonyl (C=O) groups is 6. The first-order valence-corrected chi connectivity index (χ1v) is 24.6. The summed E-state index contributed by atoms with van der Waals surface area (Å²) in [6.45, 7) is 8.68. The predicted molar refractivity (Wildman–Crippen MR) is 225 cm³/mol. The lowest BCUT2D eigenvalue weighted by Gasteiger charge is -2.62. The van der Waals surface area contributed by atoms with Gasteiger partial charge in [0.15, 0.2) is 11.6 Å². The van der Waals surface area contributed by atoms with Crippen molar-refractivity contribution in [3.05, 3.63) is 46.1 Å². The van der Waals surface area contributed by atoms with Crippen LogP contribution in [0.2, 0.25) is 0 Å². The van der Waals surface area contributed by atoms with Crippen LogP contribution in [0.15, 0.2) is 46.1 Å². The number of methoxy groups -OCH3 is 2. The molecular formula is C49H62O12S. The molecule has 12 nitrogen and oxygen atoms in total. The Balaban J connectivity index is 0.000000161. The molecule has 5 unspecified atom stereocenters. The van der Waals surface area contributed by atoms with Gasteiger partial charge in [0.1, 0.15) is 11.4 Å². The molecule has 0 aromatic carbocycles. The molecule has 336 valence electrons. The van der Waals surface area contributed by atoms with Crippen molar-refractivity contribution in [2.75, 3.05) is 20.5 Å². The monoisotopic (exact) mass is 874 g/mol. The summed E-state index contributed by atoms with van der Waals surface area (Å²) in [6, 6.07) is 0. The molecule has 1 heterocycles. The SMILES string of the molecule is COC(=O)[C@@H]1CC2=CC(=O)CCC2(C)C2C1C1CC[C@@]3(CCC(=O)O3)C1(C)C[C@H]2OS(C)(=O)=O.COC(=O)[C@@H]1CC2=CC(=O)CC[C@]2(C)C2=C1C1=CC[C@@]3(C)CCC(=O)[C@@]13CC2. The summed E-state index contributed by atoms with van der Waals surface area (Å²) in [5.41, 5.74) is 3.23. The van der Waals surface area contributed by atoms with Crippen LogP contribution in [0, 0.1) is 56.7 Å². The largest absolute Gasteiger partial charge is 0.469 e. The van der Waals surface area contributed by atoms with Gasteiger partial charge < -0.3 is 14.2 Å². The van der Waals surface area contributed by atoms with Crippen LogP contribution in [0.25, 0.3) is 0 Å². The van der Waals surface area contributed by atoms with Crippen molar-refractivity contribution >= 4 is 45.4 Å². The minimum atomic E-state index is -3.80. The number of hydrogen-bond donors (Lipinski definition) is 0. The van der Waals surface area contributed by atoms with E-state index in [1.165, 1.54) is 19.8 Å². The van der Waals surface area contributed by atoms with Crippen molar-refractivity contribution in [2.24, 2.45) is 56.7 Å². The Kier molecular flexibility index (Phi) is 10.1. The molecule has 0 bridgehead atoms. The average Bonchev–Trinajstić information content (AvgIpc) is 3.91. The first-order valence-electron chi connectivity index (χ1n) is 22.8. The first kappa shape index (κ1) is 43.5. The zero-order chi connectivity index (χ0) is 44.6. The Hall–Kier alpha value is -3.71. The molecule has 62 heavy (non-hydrogen) atoms. The van der Waals surface area contributed by atoms with E-state index < -0.39 is 49.9 Å². The molecule has 10 aliphatic rings. The molecule has 13 heteroatoms. The molecule has 0 radical (unpaired) electrons. The number of ketones is 3. The summed E-state index contributed by atoms with van der Waals surface area (Å²) >= 11 is 0. The average molecular weight is 875 g/mol. The van der Waals surface area contributed by atoms with Crippen molar-refractivity contribution in [3.8, 4) is 0 Å². The van der Waals surface area contributed by atoms with Crippen LogP contribution in [-0.4, -0.2) is 75.9 Å². The van der Waals surface area contributed by atoms with Gasteiger partial charge in [-0.2, -0.15) is 8.42 Å². The standard InChI is InChI=1S/C25H34O8S.C24H28O4/c1-23-8-5-15(26)11-14(23)12-16(22(28)31-3)20-17-6-9-25(10-7-19(27)32-25)24(17,2)13-18(21(20)23)33-34(4,29)30;1-22-8-5-18-20-16(21(27)28-3)13-14-12-15(25)4-10-23(14,2)17(20)6-11-24(18,22)19(26)7-9-22/h11,16-18,20-21H,5-10,12-13H2,1-4H3;5,12,16H,4,6-11,13H2,1-3H3/t16-,17?,18-,20?,21?,23?,24?,25-;16-,22+,23+,24-/m11/s1. The molecular weight excluding hydrogens is 813 g/mol. The van der Waals surface area contributed by atoms with E-state index in [9.17, 15) is 37.2 Å². The van der Waals surface area contributed by atoms with Crippen molar-refractivity contribution in [2.45, 2.75) is 142 Å². The van der Waals surface area contributed by atoms with Crippen molar-refractivity contribution in [1.82, 2.24) is 0 Å². The third kappa shape index (κ3) is 6.00. The van der Waals surface area contributed by atoms with E-state index in [1.54, 1.807) is 12.2 Å². The Bertz CT molecular complexity index is 2320.